The number of thiophene rings is 1. The van der Waals surface area contributed by atoms with Gasteiger partial charge in [-0.05, 0) is 56.4 Å². The number of nitrogens with zero attached hydrogens (tertiary/aromatic N) is 3. The van der Waals surface area contributed by atoms with Crippen LogP contribution in [-0.2, 0) is 22.0 Å². The highest BCUT2D eigenvalue weighted by Crippen LogP contribution is 2.34. The van der Waals surface area contributed by atoms with Gasteiger partial charge in [0.05, 0.1) is 22.3 Å². The summed E-state index contributed by atoms with van der Waals surface area (Å²) < 4.78 is 13.1. The third-order valence-electron chi connectivity index (χ3n) is 5.77. The first kappa shape index (κ1) is 30.2. The lowest BCUT2D eigenvalue weighted by atomic mass is 9.87. The molecule has 12 heteroatoms. The third kappa shape index (κ3) is 7.39. The number of nitrogens with two attached hydrogens (primary N) is 1. The van der Waals surface area contributed by atoms with Gasteiger partial charge in [0.1, 0.15) is 10.8 Å². The summed E-state index contributed by atoms with van der Waals surface area (Å²) in [5, 5.41) is 11.9. The number of aromatic nitrogens is 3. The molecule has 2 heterocycles. The Morgan fingerprint density at radius 1 is 1.13 bits per heavy atom. The number of ether oxygens (including phenoxy) is 2. The molecule has 3 rings (SSSR count). The van der Waals surface area contributed by atoms with Crippen LogP contribution >= 0.6 is 23.1 Å². The van der Waals surface area contributed by atoms with Crippen molar-refractivity contribution >= 4 is 45.9 Å². The molecule has 1 aromatic carbocycles. The molecule has 0 aliphatic heterocycles. The molecule has 1 atom stereocenters. The highest BCUT2D eigenvalue weighted by molar-refractivity contribution is 7.99. The summed E-state index contributed by atoms with van der Waals surface area (Å²) in [4.78, 5) is 37.4. The first-order valence-corrected chi connectivity index (χ1v) is 14.2. The number of carbonyl (C=O) groups excluding carboxylic acids is 3. The fraction of sp³-hybridized carbons (Fsp3) is 0.444. The molecule has 0 bridgehead atoms. The number of esters is 1. The Kier molecular flexibility index (Phi) is 9.44. The van der Waals surface area contributed by atoms with Gasteiger partial charge < -0.3 is 25.1 Å². The van der Waals surface area contributed by atoms with Crippen molar-refractivity contribution in [3.8, 4) is 5.75 Å². The predicted octanol–water partition coefficient (Wildman–Crippen LogP) is 5.02. The van der Waals surface area contributed by atoms with Crippen molar-refractivity contribution in [1.29, 1.82) is 0 Å². The molecule has 10 nitrogen and oxygen atoms in total. The summed E-state index contributed by atoms with van der Waals surface area (Å²) in [6, 6.07) is 7.98. The molecule has 0 radical (unpaired) electrons. The molecule has 3 aromatic rings. The van der Waals surface area contributed by atoms with Crippen molar-refractivity contribution in [2.45, 2.75) is 71.2 Å². The second-order valence-electron chi connectivity index (χ2n) is 10.3. The SMILES string of the molecule is Cc1c(C(N)=O)sc(NC(=O)CSc2nnc(C(C)Oc3ccc(C(C)(C)C)cc3)n2C)c1C(=O)OC(C)C. The van der Waals surface area contributed by atoms with E-state index in [2.05, 4.69) is 36.3 Å². The minimum atomic E-state index is -0.681. The van der Waals surface area contributed by atoms with E-state index in [1.807, 2.05) is 31.2 Å². The maximum absolute atomic E-state index is 12.8. The van der Waals surface area contributed by atoms with E-state index in [0.29, 0.717) is 16.5 Å². The molecule has 0 fully saturated rings. The number of primary amides is 1. The van der Waals surface area contributed by atoms with Crippen molar-refractivity contribution in [3.05, 3.63) is 51.7 Å². The number of nitrogens with one attached hydrogen (secondary N) is 1. The average Bonchev–Trinajstić information content (AvgIpc) is 3.36. The standard InChI is InChI=1S/C27H35N5O5S2/c1-14(2)36-25(35)20-15(3)21(22(28)34)39-24(20)29-19(33)13-38-26-31-30-23(32(26)8)16(4)37-18-11-9-17(10-12-18)27(5,6)7/h9-12,14,16H,13H2,1-8H3,(H2,28,34)(H,29,33). The van der Waals surface area contributed by atoms with Gasteiger partial charge in [-0.15, -0.1) is 21.5 Å². The molecule has 1 unspecified atom stereocenters. The van der Waals surface area contributed by atoms with Crippen LogP contribution < -0.4 is 15.8 Å². The van der Waals surface area contributed by atoms with Gasteiger partial charge in [-0.2, -0.15) is 0 Å². The molecule has 2 amide bonds. The van der Waals surface area contributed by atoms with Crippen LogP contribution in [0.5, 0.6) is 5.75 Å². The van der Waals surface area contributed by atoms with Crippen LogP contribution in [0, 0.1) is 6.92 Å². The van der Waals surface area contributed by atoms with Crippen molar-refractivity contribution in [1.82, 2.24) is 14.8 Å². The number of benzene rings is 1. The zero-order valence-electron chi connectivity index (χ0n) is 23.4. The first-order valence-electron chi connectivity index (χ1n) is 12.4. The van der Waals surface area contributed by atoms with E-state index in [0.717, 1.165) is 17.1 Å². The molecule has 2 aromatic heterocycles. The quantitative estimate of drug-likeness (QED) is 0.255. The van der Waals surface area contributed by atoms with Crippen molar-refractivity contribution in [3.63, 3.8) is 0 Å². The fourth-order valence-electron chi connectivity index (χ4n) is 3.74. The number of anilines is 1. The van der Waals surface area contributed by atoms with Gasteiger partial charge in [0, 0.05) is 7.05 Å². The molecule has 0 saturated heterocycles. The molecule has 0 aliphatic rings. The third-order valence-corrected chi connectivity index (χ3v) is 8.01. The first-order chi connectivity index (χ1) is 18.2. The molecule has 0 aliphatic carbocycles. The van der Waals surface area contributed by atoms with Crippen LogP contribution in [0.4, 0.5) is 5.00 Å². The van der Waals surface area contributed by atoms with Crippen molar-refractivity contribution in [2.24, 2.45) is 12.8 Å². The van der Waals surface area contributed by atoms with Crippen LogP contribution in [0.3, 0.4) is 0 Å². The summed E-state index contributed by atoms with van der Waals surface area (Å²) in [6.07, 6.45) is -0.741. The summed E-state index contributed by atoms with van der Waals surface area (Å²) in [5.74, 6) is -0.370. The minimum absolute atomic E-state index is 0.00298. The molecule has 0 spiro atoms. The Labute approximate surface area is 236 Å². The van der Waals surface area contributed by atoms with Crippen molar-refractivity contribution in [2.75, 3.05) is 11.1 Å². The van der Waals surface area contributed by atoms with E-state index >= 15 is 0 Å². The minimum Gasteiger partial charge on any atom is -0.483 e. The fourth-order valence-corrected chi connectivity index (χ4v) is 5.53. The van der Waals surface area contributed by atoms with Gasteiger partial charge in [-0.25, -0.2) is 4.79 Å². The Hall–Kier alpha value is -3.38. The number of carbonyl (C=O) groups is 3. The number of amides is 2. The summed E-state index contributed by atoms with van der Waals surface area (Å²) in [6.45, 7) is 13.4. The monoisotopic (exact) mass is 573 g/mol. The predicted molar refractivity (Wildman–Crippen MR) is 153 cm³/mol. The average molecular weight is 574 g/mol. The van der Waals surface area contributed by atoms with Gasteiger partial charge >= 0.3 is 5.97 Å². The van der Waals surface area contributed by atoms with Crippen LogP contribution in [0.1, 0.15) is 84.6 Å². The van der Waals surface area contributed by atoms with Gasteiger partial charge in [0.25, 0.3) is 5.91 Å². The normalized spacial score (nSPS) is 12.3. The smallest absolute Gasteiger partial charge is 0.341 e. The molecular weight excluding hydrogens is 538 g/mol. The molecule has 39 heavy (non-hydrogen) atoms. The van der Waals surface area contributed by atoms with Crippen LogP contribution in [0.2, 0.25) is 0 Å². The number of hydrogen-bond acceptors (Lipinski definition) is 9. The number of rotatable bonds is 10. The van der Waals surface area contributed by atoms with E-state index in [1.54, 1.807) is 32.4 Å². The summed E-state index contributed by atoms with van der Waals surface area (Å²) >= 11 is 2.13. The van der Waals surface area contributed by atoms with Crippen molar-refractivity contribution < 1.29 is 23.9 Å². The lowest BCUT2D eigenvalue weighted by Gasteiger charge is -2.20. The summed E-state index contributed by atoms with van der Waals surface area (Å²) in [7, 11) is 1.81. The van der Waals surface area contributed by atoms with Gasteiger partial charge in [-0.3, -0.25) is 9.59 Å². The second kappa shape index (κ2) is 12.2. The number of hydrogen-bond donors (Lipinski definition) is 2. The second-order valence-corrected chi connectivity index (χ2v) is 12.3. The zero-order chi connectivity index (χ0) is 29.1. The highest BCUT2D eigenvalue weighted by Gasteiger charge is 2.27. The van der Waals surface area contributed by atoms with Crippen LogP contribution in [-0.4, -0.2) is 44.4 Å². The van der Waals surface area contributed by atoms with E-state index in [1.165, 1.54) is 17.3 Å². The van der Waals surface area contributed by atoms with Crippen LogP contribution in [0.25, 0.3) is 0 Å². The lowest BCUT2D eigenvalue weighted by Crippen LogP contribution is -2.18. The largest absolute Gasteiger partial charge is 0.483 e. The molecule has 0 saturated carbocycles. The molecular formula is C27H35N5O5S2. The van der Waals surface area contributed by atoms with Gasteiger partial charge in [0.15, 0.2) is 17.1 Å². The maximum Gasteiger partial charge on any atom is 0.341 e. The topological polar surface area (TPSA) is 138 Å². The van der Waals surface area contributed by atoms with Gasteiger partial charge in [-0.1, -0.05) is 44.7 Å². The van der Waals surface area contributed by atoms with E-state index < -0.39 is 11.9 Å². The van der Waals surface area contributed by atoms with E-state index in [4.69, 9.17) is 15.2 Å². The Morgan fingerprint density at radius 3 is 2.33 bits per heavy atom. The zero-order valence-corrected chi connectivity index (χ0v) is 25.1. The molecule has 210 valence electrons. The maximum atomic E-state index is 12.8. The van der Waals surface area contributed by atoms with E-state index in [9.17, 15) is 14.4 Å². The van der Waals surface area contributed by atoms with Crippen LogP contribution in [0.15, 0.2) is 29.4 Å². The number of thioether (sulfide) groups is 1. The molecule has 3 N–H and O–H groups in total. The Bertz CT molecular complexity index is 1360. The highest BCUT2D eigenvalue weighted by atomic mass is 32.2. The lowest BCUT2D eigenvalue weighted by molar-refractivity contribution is -0.113. The Balaban J connectivity index is 1.66. The Morgan fingerprint density at radius 2 is 1.77 bits per heavy atom. The summed E-state index contributed by atoms with van der Waals surface area (Å²) in [5.41, 5.74) is 7.22. The van der Waals surface area contributed by atoms with E-state index in [-0.39, 0.29) is 44.7 Å². The van der Waals surface area contributed by atoms with Gasteiger partial charge in [0.2, 0.25) is 5.91 Å².